The third-order valence-electron chi connectivity index (χ3n) is 6.75. The lowest BCUT2D eigenvalue weighted by Gasteiger charge is -2.27. The number of rotatable bonds is 8. The number of hydrogen-bond donors (Lipinski definition) is 0. The molecule has 4 aromatic rings. The maximum absolute atomic E-state index is 13.0. The van der Waals surface area contributed by atoms with E-state index in [1.807, 2.05) is 31.3 Å². The molecule has 0 spiro atoms. The summed E-state index contributed by atoms with van der Waals surface area (Å²) < 4.78 is 7.71. The number of fused-ring (bicyclic) bond motifs is 2. The molecule has 6 heteroatoms. The summed E-state index contributed by atoms with van der Waals surface area (Å²) in [6.45, 7) is 11.6. The highest BCUT2D eigenvalue weighted by molar-refractivity contribution is 7.16. The maximum Gasteiger partial charge on any atom is 0.341 e. The van der Waals surface area contributed by atoms with Gasteiger partial charge in [-0.3, -0.25) is 4.90 Å². The van der Waals surface area contributed by atoms with Crippen LogP contribution in [0.2, 0.25) is 0 Å². The van der Waals surface area contributed by atoms with Crippen molar-refractivity contribution >= 4 is 39.4 Å². The Hall–Kier alpha value is -3.48. The molecule has 5 rings (SSSR count). The smallest absolute Gasteiger partial charge is 0.341 e. The molecule has 2 aromatic heterocycles. The minimum Gasteiger partial charge on any atom is -0.462 e. The quantitative estimate of drug-likeness (QED) is 0.155. The molecule has 5 nitrogen and oxygen atoms in total. The number of thiophene rings is 1. The van der Waals surface area contributed by atoms with E-state index in [1.165, 1.54) is 10.4 Å². The van der Waals surface area contributed by atoms with Gasteiger partial charge < -0.3 is 9.30 Å². The Labute approximate surface area is 216 Å². The fraction of sp³-hybridized carbons (Fsp3) is 0.267. The Kier molecular flexibility index (Phi) is 7.16. The molecule has 0 N–H and O–H groups in total. The summed E-state index contributed by atoms with van der Waals surface area (Å²) >= 11 is 1.61. The number of esters is 1. The van der Waals surface area contributed by atoms with Crippen LogP contribution in [-0.4, -0.2) is 34.8 Å². The first-order chi connectivity index (χ1) is 17.6. The van der Waals surface area contributed by atoms with Crippen molar-refractivity contribution in [1.29, 1.82) is 0 Å². The van der Waals surface area contributed by atoms with Gasteiger partial charge in [-0.05, 0) is 37.5 Å². The van der Waals surface area contributed by atoms with E-state index in [0.717, 1.165) is 65.3 Å². The average Bonchev–Trinajstić information content (AvgIpc) is 3.38. The third kappa shape index (κ3) is 4.66. The van der Waals surface area contributed by atoms with Crippen LogP contribution >= 0.6 is 11.3 Å². The van der Waals surface area contributed by atoms with Gasteiger partial charge in [0.25, 0.3) is 0 Å². The highest BCUT2D eigenvalue weighted by atomic mass is 32.1. The number of hydrogen-bond acceptors (Lipinski definition) is 5. The SMILES string of the molecule is C=CCn1c(C)c(C=Nc2sc3c(c2C(=O)OCC)CCN(Cc2ccccc2)C3)c2ccccc21. The second kappa shape index (κ2) is 10.6. The fourth-order valence-corrected chi connectivity index (χ4v) is 6.25. The van der Waals surface area contributed by atoms with Crippen molar-refractivity contribution in [3.05, 3.63) is 100 Å². The van der Waals surface area contributed by atoms with Gasteiger partial charge in [0.2, 0.25) is 0 Å². The van der Waals surface area contributed by atoms with Crippen molar-refractivity contribution in [2.45, 2.75) is 39.9 Å². The van der Waals surface area contributed by atoms with Crippen LogP contribution in [0.3, 0.4) is 0 Å². The van der Waals surface area contributed by atoms with Gasteiger partial charge in [0.1, 0.15) is 5.00 Å². The first-order valence-corrected chi connectivity index (χ1v) is 13.2. The van der Waals surface area contributed by atoms with Gasteiger partial charge in [0.05, 0.1) is 12.2 Å². The van der Waals surface area contributed by atoms with E-state index in [-0.39, 0.29) is 5.97 Å². The van der Waals surface area contributed by atoms with Crippen molar-refractivity contribution in [3.63, 3.8) is 0 Å². The number of carbonyl (C=O) groups is 1. The molecule has 0 fully saturated rings. The molecular formula is C30H31N3O2S. The van der Waals surface area contributed by atoms with Gasteiger partial charge in [0, 0.05) is 59.4 Å². The zero-order chi connectivity index (χ0) is 25.1. The molecule has 36 heavy (non-hydrogen) atoms. The average molecular weight is 498 g/mol. The molecule has 0 aliphatic carbocycles. The Bertz CT molecular complexity index is 1430. The van der Waals surface area contributed by atoms with E-state index in [4.69, 9.17) is 9.73 Å². The molecule has 2 aromatic carbocycles. The predicted molar refractivity (Wildman–Crippen MR) is 149 cm³/mol. The lowest BCUT2D eigenvalue weighted by atomic mass is 10.0. The minimum absolute atomic E-state index is 0.274. The van der Waals surface area contributed by atoms with Crippen LogP contribution in [0.15, 0.2) is 72.2 Å². The second-order valence-corrected chi connectivity index (χ2v) is 10.1. The lowest BCUT2D eigenvalue weighted by molar-refractivity contribution is 0.0526. The van der Waals surface area contributed by atoms with Gasteiger partial charge >= 0.3 is 5.97 Å². The Morgan fingerprint density at radius 1 is 1.17 bits per heavy atom. The van der Waals surface area contributed by atoms with E-state index < -0.39 is 0 Å². The van der Waals surface area contributed by atoms with Crippen LogP contribution in [0.4, 0.5) is 5.00 Å². The number of para-hydroxylation sites is 1. The molecule has 0 bridgehead atoms. The zero-order valence-electron chi connectivity index (χ0n) is 20.9. The van der Waals surface area contributed by atoms with Crippen LogP contribution in [0.1, 0.15) is 44.5 Å². The van der Waals surface area contributed by atoms with Crippen molar-refractivity contribution < 1.29 is 9.53 Å². The first kappa shape index (κ1) is 24.2. The van der Waals surface area contributed by atoms with E-state index in [0.29, 0.717) is 12.2 Å². The molecule has 184 valence electrons. The van der Waals surface area contributed by atoms with Crippen molar-refractivity contribution in [3.8, 4) is 0 Å². The summed E-state index contributed by atoms with van der Waals surface area (Å²) in [4.78, 5) is 21.6. The van der Waals surface area contributed by atoms with Crippen LogP contribution < -0.4 is 0 Å². The normalized spacial score (nSPS) is 13.8. The summed E-state index contributed by atoms with van der Waals surface area (Å²) in [6.07, 6.45) is 4.65. The Balaban J connectivity index is 1.51. The van der Waals surface area contributed by atoms with Gasteiger partial charge in [-0.1, -0.05) is 54.6 Å². The molecule has 1 aliphatic heterocycles. The van der Waals surface area contributed by atoms with Crippen LogP contribution in [0.25, 0.3) is 10.9 Å². The Morgan fingerprint density at radius 3 is 2.72 bits per heavy atom. The highest BCUT2D eigenvalue weighted by Gasteiger charge is 2.28. The number of allylic oxidation sites excluding steroid dienone is 1. The number of nitrogens with zero attached hydrogens (tertiary/aromatic N) is 3. The summed E-state index contributed by atoms with van der Waals surface area (Å²) in [6, 6.07) is 18.9. The van der Waals surface area contributed by atoms with E-state index >= 15 is 0 Å². The lowest BCUT2D eigenvalue weighted by Crippen LogP contribution is -2.29. The van der Waals surface area contributed by atoms with E-state index in [2.05, 4.69) is 65.4 Å². The number of ether oxygens (including phenoxy) is 1. The number of benzene rings is 2. The van der Waals surface area contributed by atoms with Gasteiger partial charge in [-0.25, -0.2) is 9.79 Å². The minimum atomic E-state index is -0.274. The number of carbonyl (C=O) groups excluding carboxylic acids is 1. The molecule has 3 heterocycles. The number of aromatic nitrogens is 1. The van der Waals surface area contributed by atoms with Crippen LogP contribution in [-0.2, 0) is 30.8 Å². The summed E-state index contributed by atoms with van der Waals surface area (Å²) in [5.41, 5.74) is 6.39. The van der Waals surface area contributed by atoms with Crippen molar-refractivity contribution in [1.82, 2.24) is 9.47 Å². The summed E-state index contributed by atoms with van der Waals surface area (Å²) in [5.74, 6) is -0.274. The summed E-state index contributed by atoms with van der Waals surface area (Å²) in [7, 11) is 0. The number of aliphatic imine (C=N–C) groups is 1. The van der Waals surface area contributed by atoms with Crippen molar-refractivity contribution in [2.24, 2.45) is 4.99 Å². The monoisotopic (exact) mass is 497 g/mol. The van der Waals surface area contributed by atoms with E-state index in [1.54, 1.807) is 11.3 Å². The van der Waals surface area contributed by atoms with E-state index in [9.17, 15) is 4.79 Å². The first-order valence-electron chi connectivity index (χ1n) is 12.4. The molecule has 1 aliphatic rings. The molecule has 0 atom stereocenters. The van der Waals surface area contributed by atoms with Gasteiger partial charge in [0.15, 0.2) is 0 Å². The molecule has 0 saturated carbocycles. The van der Waals surface area contributed by atoms with Gasteiger partial charge in [-0.15, -0.1) is 17.9 Å². The van der Waals surface area contributed by atoms with Crippen LogP contribution in [0, 0.1) is 6.92 Å². The fourth-order valence-electron chi connectivity index (χ4n) is 5.03. The molecule has 0 saturated heterocycles. The second-order valence-electron chi connectivity index (χ2n) is 9.02. The zero-order valence-corrected chi connectivity index (χ0v) is 21.7. The standard InChI is InChI=1S/C30H31N3O2S/c1-4-16-33-21(3)25(23-13-9-10-14-26(23)33)18-31-29-28(30(34)35-5-2)24-15-17-32(20-27(24)36-29)19-22-11-7-6-8-12-22/h4,6-14,18H,1,5,15-17,19-20H2,2-3H3. The van der Waals surface area contributed by atoms with Crippen molar-refractivity contribution in [2.75, 3.05) is 13.2 Å². The molecule has 0 unspecified atom stereocenters. The maximum atomic E-state index is 13.0. The largest absolute Gasteiger partial charge is 0.462 e. The highest BCUT2D eigenvalue weighted by Crippen LogP contribution is 2.40. The molecular weight excluding hydrogens is 466 g/mol. The third-order valence-corrected chi connectivity index (χ3v) is 7.87. The summed E-state index contributed by atoms with van der Waals surface area (Å²) in [5, 5.41) is 1.88. The molecule has 0 amide bonds. The predicted octanol–water partition coefficient (Wildman–Crippen LogP) is 6.68. The Morgan fingerprint density at radius 2 is 1.94 bits per heavy atom. The molecule has 0 radical (unpaired) electrons. The van der Waals surface area contributed by atoms with Crippen LogP contribution in [0.5, 0.6) is 0 Å². The topological polar surface area (TPSA) is 46.8 Å². The van der Waals surface area contributed by atoms with Gasteiger partial charge in [-0.2, -0.15) is 0 Å².